The number of hydrogen-bond donors (Lipinski definition) is 0. The predicted octanol–water partition coefficient (Wildman–Crippen LogP) is 2.43. The second-order valence-electron chi connectivity index (χ2n) is 5.75. The van der Waals surface area contributed by atoms with Crippen LogP contribution in [0.15, 0.2) is 18.6 Å². The molecular weight excluding hydrogens is 238 g/mol. The summed E-state index contributed by atoms with van der Waals surface area (Å²) in [5.41, 5.74) is 0.968. The van der Waals surface area contributed by atoms with Crippen LogP contribution in [0, 0.1) is 5.92 Å². The SMILES string of the molecule is c1cnc(C2CN(CC3CCCCC3)CCO2)cn1. The summed E-state index contributed by atoms with van der Waals surface area (Å²) in [4.78, 5) is 11.1. The molecule has 2 fully saturated rings. The van der Waals surface area contributed by atoms with Gasteiger partial charge in [-0.25, -0.2) is 0 Å². The molecule has 0 amide bonds. The smallest absolute Gasteiger partial charge is 0.114 e. The average Bonchev–Trinajstić information content (AvgIpc) is 2.49. The minimum atomic E-state index is 0.103. The van der Waals surface area contributed by atoms with Crippen molar-refractivity contribution in [1.82, 2.24) is 14.9 Å². The van der Waals surface area contributed by atoms with Gasteiger partial charge in [0.15, 0.2) is 0 Å². The highest BCUT2D eigenvalue weighted by Crippen LogP contribution is 2.26. The molecule has 1 atom stereocenters. The third-order valence-corrected chi connectivity index (χ3v) is 4.30. The first-order valence-corrected chi connectivity index (χ1v) is 7.51. The van der Waals surface area contributed by atoms with E-state index in [4.69, 9.17) is 4.74 Å². The van der Waals surface area contributed by atoms with Gasteiger partial charge in [-0.2, -0.15) is 0 Å². The van der Waals surface area contributed by atoms with Crippen LogP contribution in [0.2, 0.25) is 0 Å². The van der Waals surface area contributed by atoms with Crippen LogP contribution in [0.3, 0.4) is 0 Å². The van der Waals surface area contributed by atoms with Gasteiger partial charge < -0.3 is 4.74 Å². The average molecular weight is 261 g/mol. The van der Waals surface area contributed by atoms with Gasteiger partial charge in [-0.3, -0.25) is 14.9 Å². The van der Waals surface area contributed by atoms with Gasteiger partial charge in [-0.1, -0.05) is 19.3 Å². The van der Waals surface area contributed by atoms with E-state index in [0.29, 0.717) is 0 Å². The topological polar surface area (TPSA) is 38.2 Å². The quantitative estimate of drug-likeness (QED) is 0.837. The molecule has 104 valence electrons. The molecule has 1 saturated heterocycles. The number of aromatic nitrogens is 2. The minimum absolute atomic E-state index is 0.103. The van der Waals surface area contributed by atoms with Gasteiger partial charge in [0.2, 0.25) is 0 Å². The molecule has 0 spiro atoms. The number of rotatable bonds is 3. The lowest BCUT2D eigenvalue weighted by molar-refractivity contribution is -0.0381. The minimum Gasteiger partial charge on any atom is -0.369 e. The fourth-order valence-electron chi connectivity index (χ4n) is 3.26. The van der Waals surface area contributed by atoms with E-state index in [-0.39, 0.29) is 6.10 Å². The molecular formula is C15H23N3O. The molecule has 4 nitrogen and oxygen atoms in total. The van der Waals surface area contributed by atoms with Crippen LogP contribution >= 0.6 is 0 Å². The molecule has 4 heteroatoms. The molecule has 2 heterocycles. The number of ether oxygens (including phenoxy) is 1. The second-order valence-corrected chi connectivity index (χ2v) is 5.75. The lowest BCUT2D eigenvalue weighted by Gasteiger charge is -2.35. The van der Waals surface area contributed by atoms with Gasteiger partial charge in [-0.15, -0.1) is 0 Å². The Hall–Kier alpha value is -1.00. The summed E-state index contributed by atoms with van der Waals surface area (Å²) in [6, 6.07) is 0. The zero-order valence-electron chi connectivity index (χ0n) is 11.5. The molecule has 1 aromatic heterocycles. The van der Waals surface area contributed by atoms with Crippen molar-refractivity contribution < 1.29 is 4.74 Å². The maximum Gasteiger partial charge on any atom is 0.114 e. The monoisotopic (exact) mass is 261 g/mol. The Morgan fingerprint density at radius 1 is 1.21 bits per heavy atom. The van der Waals surface area contributed by atoms with Crippen molar-refractivity contribution >= 4 is 0 Å². The molecule has 3 rings (SSSR count). The van der Waals surface area contributed by atoms with Crippen molar-refractivity contribution in [2.75, 3.05) is 26.2 Å². The fraction of sp³-hybridized carbons (Fsp3) is 0.733. The predicted molar refractivity (Wildman–Crippen MR) is 73.7 cm³/mol. The highest BCUT2D eigenvalue weighted by molar-refractivity contribution is 5.01. The molecule has 0 N–H and O–H groups in total. The summed E-state index contributed by atoms with van der Waals surface area (Å²) >= 11 is 0. The van der Waals surface area contributed by atoms with Crippen LogP contribution in [0.1, 0.15) is 43.9 Å². The molecule has 19 heavy (non-hydrogen) atoms. The summed E-state index contributed by atoms with van der Waals surface area (Å²) in [5.74, 6) is 0.898. The zero-order valence-corrected chi connectivity index (χ0v) is 11.5. The molecule has 1 unspecified atom stereocenters. The van der Waals surface area contributed by atoms with E-state index in [1.807, 2.05) is 6.20 Å². The van der Waals surface area contributed by atoms with Gasteiger partial charge in [0, 0.05) is 32.0 Å². The normalized spacial score (nSPS) is 26.4. The number of hydrogen-bond acceptors (Lipinski definition) is 4. The van der Waals surface area contributed by atoms with Crippen LogP contribution in [0.5, 0.6) is 0 Å². The summed E-state index contributed by atoms with van der Waals surface area (Å²) in [6.45, 7) is 4.08. The van der Waals surface area contributed by atoms with E-state index in [1.165, 1.54) is 38.6 Å². The summed E-state index contributed by atoms with van der Waals surface area (Å²) in [5, 5.41) is 0. The maximum absolute atomic E-state index is 5.84. The molecule has 1 aliphatic heterocycles. The summed E-state index contributed by atoms with van der Waals surface area (Å²) in [7, 11) is 0. The van der Waals surface area contributed by atoms with Crippen LogP contribution in [-0.4, -0.2) is 41.1 Å². The molecule has 1 aromatic rings. The summed E-state index contributed by atoms with van der Waals surface area (Å²) < 4.78 is 5.84. The Bertz CT molecular complexity index is 378. The number of nitrogens with zero attached hydrogens (tertiary/aromatic N) is 3. The first-order valence-electron chi connectivity index (χ1n) is 7.51. The lowest BCUT2D eigenvalue weighted by atomic mass is 9.89. The third kappa shape index (κ3) is 3.51. The summed E-state index contributed by atoms with van der Waals surface area (Å²) in [6.07, 6.45) is 12.5. The Kier molecular flexibility index (Phi) is 4.41. The Morgan fingerprint density at radius 3 is 2.89 bits per heavy atom. The molecule has 1 saturated carbocycles. The third-order valence-electron chi connectivity index (χ3n) is 4.30. The van der Waals surface area contributed by atoms with E-state index < -0.39 is 0 Å². The van der Waals surface area contributed by atoms with Gasteiger partial charge in [0.25, 0.3) is 0 Å². The van der Waals surface area contributed by atoms with Crippen LogP contribution in [0.4, 0.5) is 0 Å². The van der Waals surface area contributed by atoms with Crippen LogP contribution < -0.4 is 0 Å². The Labute approximate surface area is 115 Å². The van der Waals surface area contributed by atoms with E-state index in [2.05, 4.69) is 14.9 Å². The molecule has 0 radical (unpaired) electrons. The Morgan fingerprint density at radius 2 is 2.11 bits per heavy atom. The van der Waals surface area contributed by atoms with Gasteiger partial charge >= 0.3 is 0 Å². The molecule has 0 aromatic carbocycles. The second kappa shape index (κ2) is 6.44. The van der Waals surface area contributed by atoms with E-state index in [9.17, 15) is 0 Å². The van der Waals surface area contributed by atoms with E-state index >= 15 is 0 Å². The lowest BCUT2D eigenvalue weighted by Crippen LogP contribution is -2.41. The van der Waals surface area contributed by atoms with Crippen molar-refractivity contribution in [2.24, 2.45) is 5.92 Å². The van der Waals surface area contributed by atoms with Gasteiger partial charge in [0.1, 0.15) is 6.10 Å². The molecule has 0 bridgehead atoms. The van der Waals surface area contributed by atoms with Crippen molar-refractivity contribution in [3.63, 3.8) is 0 Å². The molecule has 1 aliphatic carbocycles. The van der Waals surface area contributed by atoms with Crippen molar-refractivity contribution in [3.8, 4) is 0 Å². The highest BCUT2D eigenvalue weighted by atomic mass is 16.5. The largest absolute Gasteiger partial charge is 0.369 e. The molecule has 2 aliphatic rings. The van der Waals surface area contributed by atoms with Crippen molar-refractivity contribution in [2.45, 2.75) is 38.2 Å². The van der Waals surface area contributed by atoms with Gasteiger partial charge in [0.05, 0.1) is 18.5 Å². The van der Waals surface area contributed by atoms with Crippen molar-refractivity contribution in [1.29, 1.82) is 0 Å². The van der Waals surface area contributed by atoms with E-state index in [0.717, 1.165) is 31.3 Å². The zero-order chi connectivity index (χ0) is 12.9. The van der Waals surface area contributed by atoms with E-state index in [1.54, 1.807) is 12.4 Å². The first kappa shape index (κ1) is 13.0. The fourth-order valence-corrected chi connectivity index (χ4v) is 3.26. The van der Waals surface area contributed by atoms with Crippen molar-refractivity contribution in [3.05, 3.63) is 24.3 Å². The van der Waals surface area contributed by atoms with Gasteiger partial charge in [-0.05, 0) is 18.8 Å². The van der Waals surface area contributed by atoms with Crippen LogP contribution in [-0.2, 0) is 4.74 Å². The maximum atomic E-state index is 5.84. The first-order chi connectivity index (χ1) is 9.42. The Balaban J connectivity index is 1.55. The standard InChI is InChI=1S/C15H23N3O/c1-2-4-13(5-3-1)11-18-8-9-19-15(12-18)14-10-16-6-7-17-14/h6-7,10,13,15H,1-5,8-9,11-12H2. The highest BCUT2D eigenvalue weighted by Gasteiger charge is 2.25. The number of morpholine rings is 1. The van der Waals surface area contributed by atoms with Crippen LogP contribution in [0.25, 0.3) is 0 Å².